The number of carbonyl (C=O) groups excluding carboxylic acids is 1. The molecule has 9 nitrogen and oxygen atoms in total. The predicted octanol–water partition coefficient (Wildman–Crippen LogP) is 2.79. The monoisotopic (exact) mass is 412 g/mol. The highest BCUT2D eigenvalue weighted by molar-refractivity contribution is 7.16. The quantitative estimate of drug-likeness (QED) is 0.384. The predicted molar refractivity (Wildman–Crippen MR) is 115 cm³/mol. The third-order valence-corrected chi connectivity index (χ3v) is 5.81. The molecule has 1 aromatic heterocycles. The molecule has 1 aliphatic heterocycles. The normalized spacial score (nSPS) is 14.9. The molecule has 0 aliphatic carbocycles. The molecule has 0 bridgehead atoms. The number of carbonyl (C=O) groups is 1. The molecule has 3 aromatic rings. The molecule has 10 heteroatoms. The summed E-state index contributed by atoms with van der Waals surface area (Å²) in [5.41, 5.74) is 9.74. The van der Waals surface area contributed by atoms with E-state index in [9.17, 15) is 14.9 Å². The van der Waals surface area contributed by atoms with E-state index in [1.165, 1.54) is 23.5 Å². The number of nitro groups is 1. The van der Waals surface area contributed by atoms with Crippen LogP contribution in [0.2, 0.25) is 0 Å². The molecular weight excluding hydrogens is 392 g/mol. The van der Waals surface area contributed by atoms with Crippen molar-refractivity contribution in [3.63, 3.8) is 0 Å². The van der Waals surface area contributed by atoms with Crippen LogP contribution in [0.15, 0.2) is 35.8 Å². The third kappa shape index (κ3) is 3.84. The maximum atomic E-state index is 13.1. The summed E-state index contributed by atoms with van der Waals surface area (Å²) < 4.78 is 0.949. The number of hydrogen-bond acceptors (Lipinski definition) is 8. The van der Waals surface area contributed by atoms with E-state index in [-0.39, 0.29) is 16.9 Å². The van der Waals surface area contributed by atoms with Gasteiger partial charge in [0.25, 0.3) is 11.6 Å². The number of piperazine rings is 1. The van der Waals surface area contributed by atoms with E-state index in [2.05, 4.69) is 15.2 Å². The van der Waals surface area contributed by atoms with Crippen LogP contribution in [-0.4, -0.2) is 53.9 Å². The van der Waals surface area contributed by atoms with Crippen LogP contribution in [-0.2, 0) is 0 Å². The number of nitrogens with two attached hydrogens (primary N) is 1. The van der Waals surface area contributed by atoms with Gasteiger partial charge in [0.15, 0.2) is 0 Å². The Balaban J connectivity index is 1.70. The number of hydrogen-bond donors (Lipinski definition) is 2. The lowest BCUT2D eigenvalue weighted by Crippen LogP contribution is -2.45. The molecule has 2 aromatic carbocycles. The van der Waals surface area contributed by atoms with Crippen molar-refractivity contribution in [1.29, 1.82) is 0 Å². The van der Waals surface area contributed by atoms with Gasteiger partial charge in [0.1, 0.15) is 5.69 Å². The number of nitrogen functional groups attached to an aromatic ring is 1. The Bertz CT molecular complexity index is 1090. The van der Waals surface area contributed by atoms with Crippen LogP contribution in [0.1, 0.15) is 10.4 Å². The van der Waals surface area contributed by atoms with Crippen LogP contribution < -0.4 is 16.0 Å². The summed E-state index contributed by atoms with van der Waals surface area (Å²) in [7, 11) is 2.03. The van der Waals surface area contributed by atoms with E-state index in [0.717, 1.165) is 23.3 Å². The summed E-state index contributed by atoms with van der Waals surface area (Å²) in [6.45, 7) is 3.09. The van der Waals surface area contributed by atoms with Crippen LogP contribution in [0.3, 0.4) is 0 Å². The average molecular weight is 412 g/mol. The van der Waals surface area contributed by atoms with E-state index in [1.54, 1.807) is 11.6 Å². The van der Waals surface area contributed by atoms with Gasteiger partial charge in [0, 0.05) is 37.9 Å². The maximum absolute atomic E-state index is 13.1. The number of benzene rings is 2. The highest BCUT2D eigenvalue weighted by Gasteiger charge is 2.25. The van der Waals surface area contributed by atoms with Gasteiger partial charge in [0.05, 0.1) is 31.9 Å². The lowest BCUT2D eigenvalue weighted by Gasteiger charge is -2.35. The summed E-state index contributed by atoms with van der Waals surface area (Å²) in [5, 5.41) is 14.2. The van der Waals surface area contributed by atoms with E-state index in [0.29, 0.717) is 24.5 Å². The third-order valence-electron chi connectivity index (χ3n) is 5.02. The molecule has 1 amide bonds. The molecule has 0 spiro atoms. The number of nitrogens with one attached hydrogen (secondary N) is 1. The molecule has 0 saturated carbocycles. The van der Waals surface area contributed by atoms with Crippen molar-refractivity contribution in [3.8, 4) is 0 Å². The van der Waals surface area contributed by atoms with E-state index in [4.69, 9.17) is 5.73 Å². The number of anilines is 3. The Morgan fingerprint density at radius 3 is 2.72 bits per heavy atom. The number of nitrogens with zero attached hydrogens (tertiary/aromatic N) is 4. The number of nitro benzene ring substituents is 1. The van der Waals surface area contributed by atoms with Gasteiger partial charge in [0.2, 0.25) is 0 Å². The summed E-state index contributed by atoms with van der Waals surface area (Å²) in [6.07, 6.45) is 0. The smallest absolute Gasteiger partial charge is 0.293 e. The van der Waals surface area contributed by atoms with E-state index >= 15 is 0 Å². The number of amides is 1. The Kier molecular flexibility index (Phi) is 5.03. The molecule has 0 radical (unpaired) electrons. The maximum Gasteiger partial charge on any atom is 0.293 e. The number of rotatable bonds is 4. The topological polar surface area (TPSA) is 118 Å². The second kappa shape index (κ2) is 7.64. The zero-order valence-electron chi connectivity index (χ0n) is 15.8. The molecule has 1 aliphatic rings. The summed E-state index contributed by atoms with van der Waals surface area (Å²) in [4.78, 5) is 32.3. The van der Waals surface area contributed by atoms with Gasteiger partial charge in [-0.15, -0.1) is 11.3 Å². The van der Waals surface area contributed by atoms with Gasteiger partial charge in [-0.05, 0) is 31.3 Å². The Labute approximate surface area is 170 Å². The minimum atomic E-state index is -0.566. The van der Waals surface area contributed by atoms with Gasteiger partial charge >= 0.3 is 0 Å². The number of thiazole rings is 1. The summed E-state index contributed by atoms with van der Waals surface area (Å²) >= 11 is 1.48. The van der Waals surface area contributed by atoms with Crippen molar-refractivity contribution < 1.29 is 9.72 Å². The van der Waals surface area contributed by atoms with E-state index in [1.807, 2.05) is 24.1 Å². The van der Waals surface area contributed by atoms with Gasteiger partial charge in [-0.25, -0.2) is 4.98 Å². The van der Waals surface area contributed by atoms with Crippen LogP contribution in [0.4, 0.5) is 22.7 Å². The van der Waals surface area contributed by atoms with Crippen LogP contribution in [0, 0.1) is 10.1 Å². The number of fused-ring (bicyclic) bond motifs is 1. The molecular formula is C19H20N6O3S. The second-order valence-corrected chi connectivity index (χ2v) is 7.85. The average Bonchev–Trinajstić information content (AvgIpc) is 3.16. The van der Waals surface area contributed by atoms with Crippen molar-refractivity contribution in [2.24, 2.45) is 0 Å². The fourth-order valence-corrected chi connectivity index (χ4v) is 4.09. The summed E-state index contributed by atoms with van der Waals surface area (Å²) in [5.74, 6) is -0.411. The van der Waals surface area contributed by atoms with Crippen molar-refractivity contribution in [2.45, 2.75) is 0 Å². The van der Waals surface area contributed by atoms with Gasteiger partial charge in [-0.3, -0.25) is 14.9 Å². The first-order valence-electron chi connectivity index (χ1n) is 9.08. The first-order chi connectivity index (χ1) is 13.9. The minimum Gasteiger partial charge on any atom is -0.393 e. The fourth-order valence-electron chi connectivity index (χ4n) is 3.37. The Hall–Kier alpha value is -3.24. The lowest BCUT2D eigenvalue weighted by atomic mass is 10.1. The molecule has 1 fully saturated rings. The largest absolute Gasteiger partial charge is 0.393 e. The van der Waals surface area contributed by atoms with Crippen LogP contribution in [0.25, 0.3) is 10.2 Å². The summed E-state index contributed by atoms with van der Waals surface area (Å²) in [6, 6.07) is 8.23. The Morgan fingerprint density at radius 1 is 1.24 bits per heavy atom. The molecule has 0 unspecified atom stereocenters. The standard InChI is InChI=1S/C19H20N6O3S/c1-23-4-6-24(7-5-23)16-10-14(20)17(25(27)28)9-13(16)19(26)22-12-2-3-15-18(8-12)29-11-21-15/h2-3,8-11H,4-7,20H2,1H3,(H,22,26). The van der Waals surface area contributed by atoms with Gasteiger partial charge in [-0.1, -0.05) is 0 Å². The van der Waals surface area contributed by atoms with Crippen molar-refractivity contribution in [3.05, 3.63) is 51.5 Å². The van der Waals surface area contributed by atoms with Crippen LogP contribution >= 0.6 is 11.3 Å². The molecule has 1 saturated heterocycles. The lowest BCUT2D eigenvalue weighted by molar-refractivity contribution is -0.383. The fraction of sp³-hybridized carbons (Fsp3) is 0.263. The molecule has 4 rings (SSSR count). The zero-order chi connectivity index (χ0) is 20.5. The Morgan fingerprint density at radius 2 is 2.00 bits per heavy atom. The number of likely N-dealkylation sites (N-methyl/N-ethyl adjacent to an activating group) is 1. The minimum absolute atomic E-state index is 0.0477. The molecule has 2 heterocycles. The van der Waals surface area contributed by atoms with Crippen molar-refractivity contribution in [1.82, 2.24) is 9.88 Å². The van der Waals surface area contributed by atoms with Crippen molar-refractivity contribution in [2.75, 3.05) is 49.2 Å². The highest BCUT2D eigenvalue weighted by atomic mass is 32.1. The second-order valence-electron chi connectivity index (χ2n) is 6.96. The van der Waals surface area contributed by atoms with Crippen molar-refractivity contribution >= 4 is 50.2 Å². The first-order valence-corrected chi connectivity index (χ1v) is 9.96. The number of aromatic nitrogens is 1. The SMILES string of the molecule is CN1CCN(c2cc(N)c([N+](=O)[O-])cc2C(=O)Nc2ccc3ncsc3c2)CC1. The molecule has 0 atom stereocenters. The van der Waals surface area contributed by atoms with Crippen LogP contribution in [0.5, 0.6) is 0 Å². The van der Waals surface area contributed by atoms with Gasteiger partial charge in [-0.2, -0.15) is 0 Å². The first kappa shape index (κ1) is 19.1. The highest BCUT2D eigenvalue weighted by Crippen LogP contribution is 2.33. The van der Waals surface area contributed by atoms with Gasteiger partial charge < -0.3 is 20.9 Å². The molecule has 3 N–H and O–H groups in total. The molecule has 150 valence electrons. The molecule has 29 heavy (non-hydrogen) atoms. The van der Waals surface area contributed by atoms with E-state index < -0.39 is 10.8 Å². The zero-order valence-corrected chi connectivity index (χ0v) is 16.6.